The van der Waals surface area contributed by atoms with E-state index in [1.807, 2.05) is 36.4 Å². The molecule has 0 fully saturated rings. The molecule has 0 amide bonds. The van der Waals surface area contributed by atoms with Crippen molar-refractivity contribution >= 4 is 28.9 Å². The van der Waals surface area contributed by atoms with Gasteiger partial charge in [-0.05, 0) is 59.8 Å². The first-order valence-corrected chi connectivity index (χ1v) is 7.72. The molecule has 0 spiro atoms. The molecule has 1 aromatic carbocycles. The Labute approximate surface area is 143 Å². The van der Waals surface area contributed by atoms with Gasteiger partial charge in [-0.2, -0.15) is 4.98 Å². The summed E-state index contributed by atoms with van der Waals surface area (Å²) in [5.74, 6) is 0.00477. The third-order valence-electron chi connectivity index (χ3n) is 3.45. The van der Waals surface area contributed by atoms with Crippen LogP contribution in [0.5, 0.6) is 0 Å². The fraction of sp³-hybridized carbons (Fsp3) is 0.118. The number of rotatable bonds is 5. The topological polar surface area (TPSA) is 76.7 Å². The third-order valence-corrected chi connectivity index (χ3v) is 3.63. The molecule has 24 heavy (non-hydrogen) atoms. The molecule has 2 heterocycles. The van der Waals surface area contributed by atoms with Crippen molar-refractivity contribution in [3.05, 3.63) is 71.0 Å². The Morgan fingerprint density at radius 1 is 1.08 bits per heavy atom. The molecule has 0 saturated heterocycles. The molecule has 7 heteroatoms. The van der Waals surface area contributed by atoms with Crippen molar-refractivity contribution in [2.24, 2.45) is 0 Å². The van der Waals surface area contributed by atoms with Crippen molar-refractivity contribution in [3.8, 4) is 0 Å². The molecule has 2 aromatic heterocycles. The minimum atomic E-state index is -0.558. The van der Waals surface area contributed by atoms with Crippen molar-refractivity contribution in [2.75, 3.05) is 11.1 Å². The minimum absolute atomic E-state index is 0.00895. The molecule has 0 radical (unpaired) electrons. The van der Waals surface area contributed by atoms with Crippen molar-refractivity contribution in [2.45, 2.75) is 12.8 Å². The Hall–Kier alpha value is -2.73. The number of nitrogens with two attached hydrogens (primary N) is 1. The van der Waals surface area contributed by atoms with Crippen molar-refractivity contribution in [3.63, 3.8) is 0 Å². The summed E-state index contributed by atoms with van der Waals surface area (Å²) in [6.07, 6.45) is 4.40. The highest BCUT2D eigenvalue weighted by Gasteiger charge is 2.07. The summed E-state index contributed by atoms with van der Waals surface area (Å²) in [6, 6.07) is 11.5. The Kier molecular flexibility index (Phi) is 4.86. The first-order valence-electron chi connectivity index (χ1n) is 7.34. The summed E-state index contributed by atoms with van der Waals surface area (Å²) in [4.78, 5) is 11.4. The number of hydrogen-bond acceptors (Lipinski definition) is 5. The van der Waals surface area contributed by atoms with Gasteiger partial charge in [-0.1, -0.05) is 12.1 Å². The van der Waals surface area contributed by atoms with E-state index in [9.17, 15) is 4.39 Å². The largest absolute Gasteiger partial charge is 0.384 e. The van der Waals surface area contributed by atoms with Gasteiger partial charge in [0.05, 0.1) is 6.20 Å². The minimum Gasteiger partial charge on any atom is -0.384 e. The molecule has 0 atom stereocenters. The molecule has 0 aliphatic carbocycles. The maximum Gasteiger partial charge on any atom is 0.224 e. The van der Waals surface area contributed by atoms with Gasteiger partial charge in [0.25, 0.3) is 0 Å². The summed E-state index contributed by atoms with van der Waals surface area (Å²) >= 11 is 5.70. The van der Waals surface area contributed by atoms with E-state index in [0.29, 0.717) is 5.82 Å². The summed E-state index contributed by atoms with van der Waals surface area (Å²) in [7, 11) is 0. The lowest BCUT2D eigenvalue weighted by molar-refractivity contribution is 0.619. The summed E-state index contributed by atoms with van der Waals surface area (Å²) in [6.45, 7) is 0. The molecule has 0 saturated carbocycles. The van der Waals surface area contributed by atoms with Crippen LogP contribution in [0, 0.1) is 5.82 Å². The lowest BCUT2D eigenvalue weighted by Gasteiger charge is -2.09. The molecule has 5 nitrogen and oxygen atoms in total. The SMILES string of the molecule is Nc1cc(CCc2cccc(Nc3nc(Cl)ncc3F)c2)ccn1. The van der Waals surface area contributed by atoms with Crippen LogP contribution in [-0.2, 0) is 12.8 Å². The fourth-order valence-corrected chi connectivity index (χ4v) is 2.45. The lowest BCUT2D eigenvalue weighted by Crippen LogP contribution is -2.00. The van der Waals surface area contributed by atoms with Crippen molar-refractivity contribution in [1.29, 1.82) is 0 Å². The van der Waals surface area contributed by atoms with E-state index < -0.39 is 5.82 Å². The highest BCUT2D eigenvalue weighted by atomic mass is 35.5. The molecule has 3 N–H and O–H groups in total. The van der Waals surface area contributed by atoms with Gasteiger partial charge < -0.3 is 11.1 Å². The van der Waals surface area contributed by atoms with Crippen LogP contribution in [-0.4, -0.2) is 15.0 Å². The average molecular weight is 344 g/mol. The zero-order valence-corrected chi connectivity index (χ0v) is 13.5. The third kappa shape index (κ3) is 4.17. The molecular weight excluding hydrogens is 329 g/mol. The van der Waals surface area contributed by atoms with Gasteiger partial charge in [0.1, 0.15) is 5.82 Å². The van der Waals surface area contributed by atoms with Gasteiger partial charge in [-0.25, -0.2) is 14.4 Å². The van der Waals surface area contributed by atoms with Gasteiger partial charge in [0.15, 0.2) is 11.6 Å². The number of aromatic nitrogens is 3. The van der Waals surface area contributed by atoms with E-state index in [1.165, 1.54) is 0 Å². The Morgan fingerprint density at radius 3 is 2.67 bits per heavy atom. The van der Waals surface area contributed by atoms with Gasteiger partial charge in [-0.15, -0.1) is 0 Å². The number of nitrogens with one attached hydrogen (secondary N) is 1. The predicted octanol–water partition coefficient (Wildman–Crippen LogP) is 3.78. The average Bonchev–Trinajstić information content (AvgIpc) is 2.57. The molecule has 122 valence electrons. The van der Waals surface area contributed by atoms with Crippen LogP contribution in [0.3, 0.4) is 0 Å². The summed E-state index contributed by atoms with van der Waals surface area (Å²) in [5, 5.41) is 2.91. The molecule has 0 unspecified atom stereocenters. The predicted molar refractivity (Wildman–Crippen MR) is 92.8 cm³/mol. The number of aryl methyl sites for hydroxylation is 2. The zero-order chi connectivity index (χ0) is 16.9. The lowest BCUT2D eigenvalue weighted by atomic mass is 10.0. The second-order valence-electron chi connectivity index (χ2n) is 5.25. The molecular formula is C17H15ClFN5. The van der Waals surface area contributed by atoms with Crippen LogP contribution in [0.4, 0.5) is 21.7 Å². The van der Waals surface area contributed by atoms with Gasteiger partial charge >= 0.3 is 0 Å². The Balaban J connectivity index is 1.71. The van der Waals surface area contributed by atoms with E-state index in [1.54, 1.807) is 6.20 Å². The zero-order valence-electron chi connectivity index (χ0n) is 12.7. The molecule has 3 rings (SSSR count). The quantitative estimate of drug-likeness (QED) is 0.689. The number of nitrogens with zero attached hydrogens (tertiary/aromatic N) is 3. The molecule has 0 aliphatic heterocycles. The standard InChI is InChI=1S/C17H15ClFN5/c18-17-22-10-14(19)16(24-17)23-13-3-1-2-11(8-13)4-5-12-6-7-21-15(20)9-12/h1-3,6-10H,4-5H2,(H2,20,21)(H,22,23,24). The van der Waals surface area contributed by atoms with E-state index in [0.717, 1.165) is 35.9 Å². The fourth-order valence-electron chi connectivity index (χ4n) is 2.31. The van der Waals surface area contributed by atoms with Crippen LogP contribution in [0.1, 0.15) is 11.1 Å². The first-order chi connectivity index (χ1) is 11.6. The number of hydrogen-bond donors (Lipinski definition) is 2. The monoisotopic (exact) mass is 343 g/mol. The summed E-state index contributed by atoms with van der Waals surface area (Å²) in [5.41, 5.74) is 8.64. The van der Waals surface area contributed by atoms with Crippen LogP contribution in [0.25, 0.3) is 0 Å². The van der Waals surface area contributed by atoms with E-state index in [4.69, 9.17) is 17.3 Å². The second kappa shape index (κ2) is 7.23. The van der Waals surface area contributed by atoms with Crippen LogP contribution in [0.2, 0.25) is 5.28 Å². The molecule has 0 bridgehead atoms. The van der Waals surface area contributed by atoms with Gasteiger partial charge in [-0.3, -0.25) is 0 Å². The van der Waals surface area contributed by atoms with E-state index in [-0.39, 0.29) is 11.1 Å². The summed E-state index contributed by atoms with van der Waals surface area (Å²) < 4.78 is 13.7. The Morgan fingerprint density at radius 2 is 1.88 bits per heavy atom. The number of anilines is 3. The number of halogens is 2. The van der Waals surface area contributed by atoms with Crippen molar-refractivity contribution < 1.29 is 4.39 Å². The van der Waals surface area contributed by atoms with Crippen LogP contribution in [0.15, 0.2) is 48.8 Å². The van der Waals surface area contributed by atoms with Crippen LogP contribution < -0.4 is 11.1 Å². The second-order valence-corrected chi connectivity index (χ2v) is 5.59. The van der Waals surface area contributed by atoms with E-state index >= 15 is 0 Å². The van der Waals surface area contributed by atoms with Crippen molar-refractivity contribution in [1.82, 2.24) is 15.0 Å². The smallest absolute Gasteiger partial charge is 0.224 e. The maximum atomic E-state index is 13.7. The number of pyridine rings is 1. The molecule has 0 aliphatic rings. The number of nitrogen functional groups attached to an aromatic ring is 1. The van der Waals surface area contributed by atoms with E-state index in [2.05, 4.69) is 20.3 Å². The first kappa shape index (κ1) is 16.1. The molecule has 3 aromatic rings. The maximum absolute atomic E-state index is 13.7. The van der Waals surface area contributed by atoms with Crippen LogP contribution >= 0.6 is 11.6 Å². The highest BCUT2D eigenvalue weighted by molar-refractivity contribution is 6.28. The Bertz CT molecular complexity index is 856. The number of benzene rings is 1. The van der Waals surface area contributed by atoms with Gasteiger partial charge in [0.2, 0.25) is 5.28 Å². The normalized spacial score (nSPS) is 10.6. The highest BCUT2D eigenvalue weighted by Crippen LogP contribution is 2.20. The van der Waals surface area contributed by atoms with Gasteiger partial charge in [0, 0.05) is 11.9 Å².